The molecule has 0 radical (unpaired) electrons. The zero-order valence-corrected chi connectivity index (χ0v) is 16.3. The van der Waals surface area contributed by atoms with Gasteiger partial charge in [-0.3, -0.25) is 9.69 Å². The Kier molecular flexibility index (Phi) is 4.29. The largest absolute Gasteiger partial charge is 0.390 e. The van der Waals surface area contributed by atoms with Crippen molar-refractivity contribution in [2.24, 2.45) is 0 Å². The second kappa shape index (κ2) is 6.71. The number of amides is 1. The third kappa shape index (κ3) is 2.54. The lowest BCUT2D eigenvalue weighted by Crippen LogP contribution is -2.50. The van der Waals surface area contributed by atoms with Gasteiger partial charge in [-0.25, -0.2) is 0 Å². The summed E-state index contributed by atoms with van der Waals surface area (Å²) in [6.07, 6.45) is 5.07. The van der Waals surface area contributed by atoms with E-state index in [2.05, 4.69) is 34.3 Å². The average molecular weight is 381 g/mol. The molecule has 1 aromatic carbocycles. The average Bonchev–Trinajstić information content (AvgIpc) is 3.44. The van der Waals surface area contributed by atoms with E-state index < -0.39 is 6.10 Å². The van der Waals surface area contributed by atoms with Crippen molar-refractivity contribution in [1.82, 2.24) is 15.0 Å². The molecule has 28 heavy (non-hydrogen) atoms. The number of fused-ring (bicyclic) bond motifs is 2. The van der Waals surface area contributed by atoms with E-state index in [1.54, 1.807) is 6.92 Å². The van der Waals surface area contributed by atoms with Crippen LogP contribution in [0.5, 0.6) is 0 Å². The summed E-state index contributed by atoms with van der Waals surface area (Å²) in [5, 5.41) is 15.3. The first kappa shape index (κ1) is 17.9. The van der Waals surface area contributed by atoms with Crippen LogP contribution in [0.25, 0.3) is 0 Å². The minimum atomic E-state index is -0.419. The Hall–Kier alpha value is -2.18. The first-order valence-electron chi connectivity index (χ1n) is 10.3. The van der Waals surface area contributed by atoms with Gasteiger partial charge in [-0.05, 0) is 56.8 Å². The number of benzene rings is 1. The first-order chi connectivity index (χ1) is 13.6. The van der Waals surface area contributed by atoms with Crippen molar-refractivity contribution in [1.29, 1.82) is 0 Å². The normalized spacial score (nSPS) is 26.7. The standard InChI is InChI=1S/C22H27N3O3/c1-15-17(14-23-28-15)21(27)25-12-8-22(9-13-25)18-7-3-2-6-16(18)19(20(22)26)24-10-4-5-11-24/h2-3,6-7,14,19-20,26H,4-5,8-13H2,1H3/t19-,20+/m1/s1. The molecule has 0 unspecified atom stereocenters. The summed E-state index contributed by atoms with van der Waals surface area (Å²) in [5.74, 6) is 0.538. The molecule has 1 N–H and O–H groups in total. The Morgan fingerprint density at radius 3 is 2.57 bits per heavy atom. The van der Waals surface area contributed by atoms with Crippen LogP contribution in [0.1, 0.15) is 59.0 Å². The fourth-order valence-electron chi connectivity index (χ4n) is 5.60. The van der Waals surface area contributed by atoms with Crippen molar-refractivity contribution >= 4 is 5.91 Å². The lowest BCUT2D eigenvalue weighted by molar-refractivity contribution is -0.00777. The Morgan fingerprint density at radius 2 is 1.89 bits per heavy atom. The molecule has 6 heteroatoms. The molecule has 3 heterocycles. The highest BCUT2D eigenvalue weighted by atomic mass is 16.5. The maximum absolute atomic E-state index is 12.8. The van der Waals surface area contributed by atoms with Crippen LogP contribution >= 0.6 is 0 Å². The Labute approximate surface area is 165 Å². The maximum Gasteiger partial charge on any atom is 0.259 e. The second-order valence-corrected chi connectivity index (χ2v) is 8.46. The Morgan fingerprint density at radius 1 is 1.18 bits per heavy atom. The number of aromatic nitrogens is 1. The lowest BCUT2D eigenvalue weighted by atomic mass is 9.72. The summed E-state index contributed by atoms with van der Waals surface area (Å²) < 4.78 is 5.06. The highest BCUT2D eigenvalue weighted by Crippen LogP contribution is 2.53. The smallest absolute Gasteiger partial charge is 0.259 e. The molecule has 5 rings (SSSR count). The molecule has 3 aliphatic rings. The highest BCUT2D eigenvalue weighted by Gasteiger charge is 2.54. The zero-order chi connectivity index (χ0) is 19.3. The molecule has 0 saturated carbocycles. The topological polar surface area (TPSA) is 69.8 Å². The van der Waals surface area contributed by atoms with Crippen molar-refractivity contribution in [3.05, 3.63) is 52.9 Å². The molecule has 2 aromatic rings. The predicted molar refractivity (Wildman–Crippen MR) is 104 cm³/mol. The third-order valence-electron chi connectivity index (χ3n) is 7.14. The summed E-state index contributed by atoms with van der Waals surface area (Å²) in [6, 6.07) is 8.63. The molecule has 1 aromatic heterocycles. The van der Waals surface area contributed by atoms with Crippen molar-refractivity contribution in [2.45, 2.75) is 50.2 Å². The van der Waals surface area contributed by atoms with Gasteiger partial charge in [0.25, 0.3) is 5.91 Å². The minimum Gasteiger partial charge on any atom is -0.390 e. The molecule has 1 spiro atoms. The van der Waals surface area contributed by atoms with Crippen LogP contribution in [0.15, 0.2) is 35.0 Å². The molecular weight excluding hydrogens is 354 g/mol. The van der Waals surface area contributed by atoms with Crippen molar-refractivity contribution in [3.63, 3.8) is 0 Å². The maximum atomic E-state index is 12.8. The fraction of sp³-hybridized carbons (Fsp3) is 0.545. The van der Waals surface area contributed by atoms with E-state index in [-0.39, 0.29) is 17.4 Å². The van der Waals surface area contributed by atoms with E-state index in [1.807, 2.05) is 4.90 Å². The summed E-state index contributed by atoms with van der Waals surface area (Å²) in [6.45, 7) is 5.17. The minimum absolute atomic E-state index is 0.0227. The van der Waals surface area contributed by atoms with Gasteiger partial charge in [-0.2, -0.15) is 0 Å². The van der Waals surface area contributed by atoms with Gasteiger partial charge in [-0.1, -0.05) is 29.4 Å². The van der Waals surface area contributed by atoms with Gasteiger partial charge < -0.3 is 14.5 Å². The number of nitrogens with zero attached hydrogens (tertiary/aromatic N) is 3. The van der Waals surface area contributed by atoms with E-state index in [0.29, 0.717) is 24.4 Å². The van der Waals surface area contributed by atoms with Gasteiger partial charge >= 0.3 is 0 Å². The number of rotatable bonds is 2. The number of piperidine rings is 1. The molecule has 1 aliphatic carbocycles. The number of hydrogen-bond acceptors (Lipinski definition) is 5. The van der Waals surface area contributed by atoms with Crippen LogP contribution in [-0.2, 0) is 5.41 Å². The van der Waals surface area contributed by atoms with Gasteiger partial charge in [0.15, 0.2) is 0 Å². The predicted octanol–water partition coefficient (Wildman–Crippen LogP) is 2.67. The van der Waals surface area contributed by atoms with Crippen molar-refractivity contribution < 1.29 is 14.4 Å². The van der Waals surface area contributed by atoms with Crippen LogP contribution < -0.4 is 0 Å². The van der Waals surface area contributed by atoms with Gasteiger partial charge in [0, 0.05) is 18.5 Å². The van der Waals surface area contributed by atoms with Crippen LogP contribution in [0.4, 0.5) is 0 Å². The number of aliphatic hydroxyl groups is 1. The van der Waals surface area contributed by atoms with E-state index in [4.69, 9.17) is 4.52 Å². The van der Waals surface area contributed by atoms with Gasteiger partial charge in [0.1, 0.15) is 11.3 Å². The summed E-state index contributed by atoms with van der Waals surface area (Å²) in [7, 11) is 0. The first-order valence-corrected chi connectivity index (χ1v) is 10.3. The summed E-state index contributed by atoms with van der Waals surface area (Å²) in [4.78, 5) is 17.2. The number of carbonyl (C=O) groups is 1. The lowest BCUT2D eigenvalue weighted by Gasteiger charge is -2.43. The number of carbonyl (C=O) groups excluding carboxylic acids is 1. The van der Waals surface area contributed by atoms with E-state index >= 15 is 0 Å². The number of hydrogen-bond donors (Lipinski definition) is 1. The van der Waals surface area contributed by atoms with Gasteiger partial charge in [0.05, 0.1) is 18.3 Å². The zero-order valence-electron chi connectivity index (χ0n) is 16.3. The van der Waals surface area contributed by atoms with E-state index in [1.165, 1.54) is 30.2 Å². The third-order valence-corrected chi connectivity index (χ3v) is 7.14. The molecule has 6 nitrogen and oxygen atoms in total. The summed E-state index contributed by atoms with van der Waals surface area (Å²) in [5.41, 5.74) is 2.85. The molecule has 2 aliphatic heterocycles. The number of aliphatic hydroxyl groups excluding tert-OH is 1. The molecule has 0 bridgehead atoms. The number of aryl methyl sites for hydroxylation is 1. The van der Waals surface area contributed by atoms with Crippen molar-refractivity contribution in [2.75, 3.05) is 26.2 Å². The quantitative estimate of drug-likeness (QED) is 0.866. The molecule has 2 atom stereocenters. The van der Waals surface area contributed by atoms with E-state index in [9.17, 15) is 9.90 Å². The number of likely N-dealkylation sites (tertiary alicyclic amines) is 2. The van der Waals surface area contributed by atoms with Crippen LogP contribution in [-0.4, -0.2) is 58.3 Å². The highest BCUT2D eigenvalue weighted by molar-refractivity contribution is 5.94. The van der Waals surface area contributed by atoms with E-state index in [0.717, 1.165) is 25.9 Å². The van der Waals surface area contributed by atoms with Crippen LogP contribution in [0.2, 0.25) is 0 Å². The molecular formula is C22H27N3O3. The molecule has 2 fully saturated rings. The second-order valence-electron chi connectivity index (χ2n) is 8.46. The van der Waals surface area contributed by atoms with Gasteiger partial charge in [0.2, 0.25) is 0 Å². The van der Waals surface area contributed by atoms with Gasteiger partial charge in [-0.15, -0.1) is 0 Å². The Bertz CT molecular complexity index is 879. The Balaban J connectivity index is 1.42. The SMILES string of the molecule is Cc1oncc1C(=O)N1CCC2(CC1)c1ccccc1[C@@H](N1CCCC1)[C@@H]2O. The molecule has 2 saturated heterocycles. The van der Waals surface area contributed by atoms with Crippen LogP contribution in [0, 0.1) is 6.92 Å². The fourth-order valence-corrected chi connectivity index (χ4v) is 5.60. The molecule has 148 valence electrons. The van der Waals surface area contributed by atoms with Crippen molar-refractivity contribution in [3.8, 4) is 0 Å². The summed E-state index contributed by atoms with van der Waals surface area (Å²) >= 11 is 0. The van der Waals surface area contributed by atoms with Crippen LogP contribution in [0.3, 0.4) is 0 Å². The monoisotopic (exact) mass is 381 g/mol. The molecule has 1 amide bonds.